The Hall–Kier alpha value is 0.170. The molecule has 0 radical (unpaired) electrons. The highest BCUT2D eigenvalue weighted by molar-refractivity contribution is 6.18. The minimum atomic E-state index is -0.492. The summed E-state index contributed by atoms with van der Waals surface area (Å²) in [7, 11) is 0. The Bertz CT molecular complexity index is 99.0. The van der Waals surface area contributed by atoms with Gasteiger partial charge in [0.15, 0.2) is 0 Å². The van der Waals surface area contributed by atoms with Gasteiger partial charge < -0.3 is 14.2 Å². The zero-order valence-electron chi connectivity index (χ0n) is 5.88. The third-order valence-electron chi connectivity index (χ3n) is 1.20. The van der Waals surface area contributed by atoms with Gasteiger partial charge in [0.1, 0.15) is 6.10 Å². The van der Waals surface area contributed by atoms with Crippen LogP contribution >= 0.6 is 11.6 Å². The summed E-state index contributed by atoms with van der Waals surface area (Å²) < 4.78 is 15.3. The third kappa shape index (κ3) is 2.09. The fourth-order valence-electron chi connectivity index (χ4n) is 0.726. The van der Waals surface area contributed by atoms with E-state index in [1.807, 2.05) is 6.92 Å². The molecule has 0 aromatic heterocycles. The Morgan fingerprint density at radius 3 is 3.00 bits per heavy atom. The van der Waals surface area contributed by atoms with E-state index >= 15 is 0 Å². The first kappa shape index (κ1) is 8.27. The first-order chi connectivity index (χ1) is 4.86. The molecule has 0 aromatic carbocycles. The van der Waals surface area contributed by atoms with E-state index in [0.29, 0.717) is 19.1 Å². The zero-order valence-corrected chi connectivity index (χ0v) is 6.63. The van der Waals surface area contributed by atoms with E-state index in [4.69, 9.17) is 25.8 Å². The molecule has 1 aliphatic rings. The monoisotopic (exact) mass is 166 g/mol. The van der Waals surface area contributed by atoms with Crippen LogP contribution in [-0.2, 0) is 14.2 Å². The Balaban J connectivity index is 2.15. The van der Waals surface area contributed by atoms with Crippen molar-refractivity contribution in [3.8, 4) is 0 Å². The molecule has 1 fully saturated rings. The first-order valence-corrected chi connectivity index (χ1v) is 3.85. The molecule has 1 saturated heterocycles. The molecule has 0 unspecified atom stereocenters. The van der Waals surface area contributed by atoms with Crippen molar-refractivity contribution in [2.45, 2.75) is 19.5 Å². The van der Waals surface area contributed by atoms with Gasteiger partial charge in [-0.05, 0) is 6.92 Å². The highest BCUT2D eigenvalue weighted by Crippen LogP contribution is 2.12. The summed E-state index contributed by atoms with van der Waals surface area (Å²) in [5, 5.41) is 0. The topological polar surface area (TPSA) is 27.7 Å². The minimum absolute atomic E-state index is 0.00165. The number of hydrogen-bond acceptors (Lipinski definition) is 3. The summed E-state index contributed by atoms with van der Waals surface area (Å²) in [6.45, 7) is 2.53. The maximum atomic E-state index is 5.51. The number of hydrogen-bond donors (Lipinski definition) is 0. The fraction of sp³-hybridized carbons (Fsp3) is 1.00. The van der Waals surface area contributed by atoms with Crippen molar-refractivity contribution in [1.29, 1.82) is 0 Å². The van der Waals surface area contributed by atoms with Gasteiger partial charge in [-0.2, -0.15) is 0 Å². The lowest BCUT2D eigenvalue weighted by atomic mass is 10.4. The van der Waals surface area contributed by atoms with E-state index in [1.54, 1.807) is 0 Å². The lowest BCUT2D eigenvalue weighted by Gasteiger charge is -2.08. The maximum absolute atomic E-state index is 5.51. The Morgan fingerprint density at radius 1 is 1.70 bits per heavy atom. The summed E-state index contributed by atoms with van der Waals surface area (Å²) in [6.07, 6.45) is -0.00165. The van der Waals surface area contributed by atoms with Crippen LogP contribution in [0.1, 0.15) is 6.92 Å². The zero-order chi connectivity index (χ0) is 7.40. The third-order valence-corrected chi connectivity index (χ3v) is 1.54. The van der Waals surface area contributed by atoms with Crippen molar-refractivity contribution < 1.29 is 14.2 Å². The lowest BCUT2D eigenvalue weighted by molar-refractivity contribution is -0.233. The quantitative estimate of drug-likeness (QED) is 0.585. The van der Waals surface area contributed by atoms with Gasteiger partial charge in [0, 0.05) is 6.61 Å². The van der Waals surface area contributed by atoms with Gasteiger partial charge in [-0.3, -0.25) is 0 Å². The van der Waals surface area contributed by atoms with Crippen LogP contribution in [0.3, 0.4) is 0 Å². The fourth-order valence-corrected chi connectivity index (χ4v) is 0.888. The molecule has 60 valence electrons. The van der Waals surface area contributed by atoms with Gasteiger partial charge in [0.2, 0.25) is 0 Å². The van der Waals surface area contributed by atoms with Crippen LogP contribution in [0.25, 0.3) is 0 Å². The van der Waals surface area contributed by atoms with Gasteiger partial charge in [-0.15, -0.1) is 11.6 Å². The van der Waals surface area contributed by atoms with Crippen LogP contribution in [0.2, 0.25) is 0 Å². The summed E-state index contributed by atoms with van der Waals surface area (Å²) in [4.78, 5) is 0. The number of rotatable bonds is 3. The largest absolute Gasteiger partial charge is 0.330 e. The van der Waals surface area contributed by atoms with Crippen molar-refractivity contribution in [3.05, 3.63) is 0 Å². The number of alkyl halides is 1. The molecule has 0 spiro atoms. The summed E-state index contributed by atoms with van der Waals surface area (Å²) in [6, 6.07) is 0. The van der Waals surface area contributed by atoms with E-state index in [2.05, 4.69) is 0 Å². The van der Waals surface area contributed by atoms with E-state index in [9.17, 15) is 0 Å². The van der Waals surface area contributed by atoms with Crippen LogP contribution in [-0.4, -0.2) is 31.7 Å². The Labute approximate surface area is 65.2 Å². The normalized spacial score (nSPS) is 33.0. The molecule has 3 nitrogen and oxygen atoms in total. The molecule has 1 aliphatic heterocycles. The predicted molar refractivity (Wildman–Crippen MR) is 37.0 cm³/mol. The predicted octanol–water partition coefficient (Wildman–Crippen LogP) is 0.961. The molecular weight excluding hydrogens is 156 g/mol. The highest BCUT2D eigenvalue weighted by atomic mass is 35.5. The Kier molecular flexibility index (Phi) is 3.42. The average molecular weight is 167 g/mol. The van der Waals surface area contributed by atoms with Crippen molar-refractivity contribution in [2.75, 3.05) is 19.1 Å². The second kappa shape index (κ2) is 4.13. The standard InChI is InChI=1S/C6H11ClO3/c1-2-8-6-9-4-5(3-7)10-6/h5-6H,2-4H2,1H3/t5-,6+/m0/s1. The molecule has 0 N–H and O–H groups in total. The van der Waals surface area contributed by atoms with E-state index in [-0.39, 0.29) is 6.10 Å². The van der Waals surface area contributed by atoms with Crippen LogP contribution in [0.4, 0.5) is 0 Å². The van der Waals surface area contributed by atoms with Crippen molar-refractivity contribution in [1.82, 2.24) is 0 Å². The van der Waals surface area contributed by atoms with E-state index in [1.165, 1.54) is 0 Å². The second-order valence-corrected chi connectivity index (χ2v) is 2.30. The van der Waals surface area contributed by atoms with Crippen molar-refractivity contribution >= 4 is 11.6 Å². The van der Waals surface area contributed by atoms with Gasteiger partial charge in [-0.25, -0.2) is 0 Å². The molecule has 0 amide bonds. The molecule has 0 saturated carbocycles. The molecule has 1 heterocycles. The smallest absolute Gasteiger partial charge is 0.272 e. The van der Waals surface area contributed by atoms with Gasteiger partial charge >= 0.3 is 0 Å². The second-order valence-electron chi connectivity index (χ2n) is 1.99. The van der Waals surface area contributed by atoms with Crippen molar-refractivity contribution in [3.63, 3.8) is 0 Å². The maximum Gasteiger partial charge on any atom is 0.272 e. The van der Waals surface area contributed by atoms with Crippen LogP contribution in [0.5, 0.6) is 0 Å². The molecule has 1 rings (SSSR count). The summed E-state index contributed by atoms with van der Waals surface area (Å²) in [5.74, 6) is 0.462. The average Bonchev–Trinajstić information content (AvgIpc) is 2.37. The molecule has 0 aliphatic carbocycles. The van der Waals surface area contributed by atoms with Crippen LogP contribution in [0.15, 0.2) is 0 Å². The highest BCUT2D eigenvalue weighted by Gasteiger charge is 2.24. The molecule has 0 bridgehead atoms. The minimum Gasteiger partial charge on any atom is -0.330 e. The van der Waals surface area contributed by atoms with Gasteiger partial charge in [-0.1, -0.05) is 0 Å². The molecule has 0 aromatic rings. The summed E-state index contributed by atoms with van der Waals surface area (Å²) >= 11 is 5.51. The van der Waals surface area contributed by atoms with E-state index in [0.717, 1.165) is 0 Å². The molecule has 4 heteroatoms. The van der Waals surface area contributed by atoms with E-state index < -0.39 is 6.48 Å². The number of halogens is 1. The molecule has 2 atom stereocenters. The van der Waals surface area contributed by atoms with Crippen molar-refractivity contribution in [2.24, 2.45) is 0 Å². The van der Waals surface area contributed by atoms with Crippen LogP contribution in [0, 0.1) is 0 Å². The van der Waals surface area contributed by atoms with Gasteiger partial charge in [0.25, 0.3) is 6.48 Å². The lowest BCUT2D eigenvalue weighted by Crippen LogP contribution is -2.16. The van der Waals surface area contributed by atoms with Crippen LogP contribution < -0.4 is 0 Å². The molecular formula is C6H11ClO3. The molecule has 10 heavy (non-hydrogen) atoms. The number of ether oxygens (including phenoxy) is 3. The SMILES string of the molecule is CCO[C@@H]1OC[C@H](CCl)O1. The summed E-state index contributed by atoms with van der Waals surface area (Å²) in [5.41, 5.74) is 0. The Morgan fingerprint density at radius 2 is 2.50 bits per heavy atom. The first-order valence-electron chi connectivity index (χ1n) is 3.31. The van der Waals surface area contributed by atoms with Gasteiger partial charge in [0.05, 0.1) is 12.5 Å².